The van der Waals surface area contributed by atoms with Gasteiger partial charge in [-0.25, -0.2) is 9.37 Å². The summed E-state index contributed by atoms with van der Waals surface area (Å²) in [5, 5.41) is 20.6. The number of alkyl halides is 1. The maximum atomic E-state index is 13.7. The monoisotopic (exact) mass is 490 g/mol. The number of thioether (sulfide) groups is 1. The standard InChI is InChI=1S/C25H23FN6O2S/c1-16(33-2)14-34-19-5-6-22(30-11-19)23-20(8-27)24(32-12-18(26)13-32)31-25(21(23)9-28)35-15-17-4-3-7-29-10-17/h3-7,10-11,16,18H,12-15H2,1-2H3/t16-/m0/s1. The third kappa shape index (κ3) is 5.51. The third-order valence-electron chi connectivity index (χ3n) is 5.48. The van der Waals surface area contributed by atoms with Crippen LogP contribution in [0.15, 0.2) is 47.9 Å². The van der Waals surface area contributed by atoms with E-state index in [1.165, 1.54) is 11.8 Å². The first-order valence-electron chi connectivity index (χ1n) is 10.9. The summed E-state index contributed by atoms with van der Waals surface area (Å²) in [5.74, 6) is 1.43. The Hall–Kier alpha value is -3.73. The van der Waals surface area contributed by atoms with Crippen molar-refractivity contribution in [3.8, 4) is 29.1 Å². The van der Waals surface area contributed by atoms with Gasteiger partial charge in [0, 0.05) is 30.8 Å². The summed E-state index contributed by atoms with van der Waals surface area (Å²) in [4.78, 5) is 15.0. The summed E-state index contributed by atoms with van der Waals surface area (Å²) in [7, 11) is 1.61. The van der Waals surface area contributed by atoms with E-state index in [2.05, 4.69) is 27.1 Å². The molecule has 0 aliphatic carbocycles. The summed E-state index contributed by atoms with van der Waals surface area (Å²) in [6, 6.07) is 11.6. The molecule has 1 aliphatic heterocycles. The molecule has 1 aliphatic rings. The van der Waals surface area contributed by atoms with Gasteiger partial charge in [-0.2, -0.15) is 10.5 Å². The van der Waals surface area contributed by atoms with E-state index in [4.69, 9.17) is 9.47 Å². The van der Waals surface area contributed by atoms with E-state index >= 15 is 0 Å². The molecule has 0 saturated carbocycles. The first-order chi connectivity index (χ1) is 17.0. The summed E-state index contributed by atoms with van der Waals surface area (Å²) in [5.41, 5.74) is 2.25. The molecule has 1 atom stereocenters. The van der Waals surface area contributed by atoms with Crippen molar-refractivity contribution in [3.63, 3.8) is 0 Å². The third-order valence-corrected chi connectivity index (χ3v) is 6.53. The molecule has 0 spiro atoms. The van der Waals surface area contributed by atoms with Crippen molar-refractivity contribution in [1.82, 2.24) is 15.0 Å². The van der Waals surface area contributed by atoms with Crippen molar-refractivity contribution < 1.29 is 13.9 Å². The number of pyridine rings is 3. The number of hydrogen-bond acceptors (Lipinski definition) is 9. The molecule has 0 unspecified atom stereocenters. The molecule has 1 fully saturated rings. The van der Waals surface area contributed by atoms with Gasteiger partial charge in [-0.15, -0.1) is 11.8 Å². The molecule has 3 aromatic heterocycles. The lowest BCUT2D eigenvalue weighted by atomic mass is 9.99. The van der Waals surface area contributed by atoms with Crippen LogP contribution >= 0.6 is 11.8 Å². The van der Waals surface area contributed by atoms with Crippen molar-refractivity contribution in [1.29, 1.82) is 10.5 Å². The average Bonchev–Trinajstić information content (AvgIpc) is 2.88. The van der Waals surface area contributed by atoms with Crippen molar-refractivity contribution >= 4 is 17.6 Å². The van der Waals surface area contributed by atoms with Gasteiger partial charge in [0.2, 0.25) is 0 Å². The lowest BCUT2D eigenvalue weighted by Crippen LogP contribution is -2.49. The van der Waals surface area contributed by atoms with Gasteiger partial charge < -0.3 is 14.4 Å². The van der Waals surface area contributed by atoms with Gasteiger partial charge in [-0.05, 0) is 30.7 Å². The second kappa shape index (κ2) is 11.1. The van der Waals surface area contributed by atoms with E-state index in [9.17, 15) is 14.9 Å². The van der Waals surface area contributed by atoms with Crippen molar-refractivity contribution in [2.75, 3.05) is 31.7 Å². The molecular weight excluding hydrogens is 467 g/mol. The number of halogens is 1. The minimum absolute atomic E-state index is 0.0805. The maximum Gasteiger partial charge on any atom is 0.148 e. The Balaban J connectivity index is 1.74. The molecule has 0 radical (unpaired) electrons. The molecule has 3 aromatic rings. The molecular formula is C25H23FN6O2S. The van der Waals surface area contributed by atoms with Crippen LogP contribution in [0.4, 0.5) is 10.2 Å². The fourth-order valence-electron chi connectivity index (χ4n) is 3.48. The second-order valence-corrected chi connectivity index (χ2v) is 8.94. The molecule has 0 N–H and O–H groups in total. The molecule has 4 rings (SSSR count). The average molecular weight is 491 g/mol. The largest absolute Gasteiger partial charge is 0.489 e. The predicted molar refractivity (Wildman–Crippen MR) is 130 cm³/mol. The molecule has 1 saturated heterocycles. The lowest BCUT2D eigenvalue weighted by molar-refractivity contribution is 0.0715. The number of hydrogen-bond donors (Lipinski definition) is 0. The van der Waals surface area contributed by atoms with E-state index in [1.54, 1.807) is 42.7 Å². The van der Waals surface area contributed by atoms with E-state index in [0.717, 1.165) is 5.56 Å². The fourth-order valence-corrected chi connectivity index (χ4v) is 4.40. The van der Waals surface area contributed by atoms with Gasteiger partial charge in [0.25, 0.3) is 0 Å². The number of anilines is 1. The van der Waals surface area contributed by atoms with Crippen LogP contribution in [0.2, 0.25) is 0 Å². The zero-order valence-corrected chi connectivity index (χ0v) is 20.1. The van der Waals surface area contributed by atoms with Gasteiger partial charge in [0.05, 0.1) is 36.6 Å². The van der Waals surface area contributed by atoms with Crippen LogP contribution in [0.1, 0.15) is 23.6 Å². The molecule has 35 heavy (non-hydrogen) atoms. The maximum absolute atomic E-state index is 13.7. The number of ether oxygens (including phenoxy) is 2. The highest BCUT2D eigenvalue weighted by molar-refractivity contribution is 7.98. The van der Waals surface area contributed by atoms with Crippen LogP contribution in [0.5, 0.6) is 5.75 Å². The van der Waals surface area contributed by atoms with Gasteiger partial charge in [-0.3, -0.25) is 9.97 Å². The quantitative estimate of drug-likeness (QED) is 0.409. The SMILES string of the molecule is CO[C@@H](C)COc1ccc(-c2c(C#N)c(SCc3cccnc3)nc(N3CC(F)C3)c2C#N)nc1. The zero-order chi connectivity index (χ0) is 24.8. The normalized spacial score (nSPS) is 14.0. The van der Waals surface area contributed by atoms with Crippen LogP contribution in [-0.4, -0.2) is 54.0 Å². The Bertz CT molecular complexity index is 1250. The van der Waals surface area contributed by atoms with Crippen molar-refractivity contribution in [2.45, 2.75) is 30.0 Å². The van der Waals surface area contributed by atoms with E-state index < -0.39 is 6.17 Å². The number of methoxy groups -OCH3 is 1. The molecule has 4 heterocycles. The zero-order valence-electron chi connectivity index (χ0n) is 19.3. The van der Waals surface area contributed by atoms with Gasteiger partial charge in [0.1, 0.15) is 47.1 Å². The van der Waals surface area contributed by atoms with E-state index in [1.807, 2.05) is 19.1 Å². The summed E-state index contributed by atoms with van der Waals surface area (Å²) in [6.45, 7) is 2.55. The molecule has 10 heteroatoms. The smallest absolute Gasteiger partial charge is 0.148 e. The first kappa shape index (κ1) is 24.4. The minimum atomic E-state index is -0.974. The summed E-state index contributed by atoms with van der Waals surface area (Å²) >= 11 is 1.37. The van der Waals surface area contributed by atoms with Gasteiger partial charge in [0.15, 0.2) is 0 Å². The van der Waals surface area contributed by atoms with Crippen LogP contribution in [-0.2, 0) is 10.5 Å². The number of rotatable bonds is 9. The first-order valence-corrected chi connectivity index (χ1v) is 11.9. The highest BCUT2D eigenvalue weighted by atomic mass is 32.2. The predicted octanol–water partition coefficient (Wildman–Crippen LogP) is 4.15. The van der Waals surface area contributed by atoms with Gasteiger partial charge in [-0.1, -0.05) is 6.07 Å². The molecule has 8 nitrogen and oxygen atoms in total. The molecule has 0 amide bonds. The molecule has 0 aromatic carbocycles. The number of nitrogens with zero attached hydrogens (tertiary/aromatic N) is 6. The topological polar surface area (TPSA) is 108 Å². The van der Waals surface area contributed by atoms with Crippen LogP contribution in [0.3, 0.4) is 0 Å². The Morgan fingerprint density at radius 3 is 2.60 bits per heavy atom. The van der Waals surface area contributed by atoms with Crippen molar-refractivity contribution in [3.05, 3.63) is 59.5 Å². The van der Waals surface area contributed by atoms with Crippen LogP contribution in [0, 0.1) is 22.7 Å². The second-order valence-electron chi connectivity index (χ2n) is 7.98. The van der Waals surface area contributed by atoms with Crippen molar-refractivity contribution in [2.24, 2.45) is 0 Å². The van der Waals surface area contributed by atoms with E-state index in [-0.39, 0.29) is 30.3 Å². The minimum Gasteiger partial charge on any atom is -0.489 e. The van der Waals surface area contributed by atoms with Crippen LogP contribution < -0.4 is 9.64 Å². The van der Waals surface area contributed by atoms with Gasteiger partial charge >= 0.3 is 0 Å². The highest BCUT2D eigenvalue weighted by Crippen LogP contribution is 2.39. The lowest BCUT2D eigenvalue weighted by Gasteiger charge is -2.36. The summed E-state index contributed by atoms with van der Waals surface area (Å²) in [6.07, 6.45) is 3.93. The molecule has 0 bridgehead atoms. The van der Waals surface area contributed by atoms with E-state index in [0.29, 0.717) is 40.2 Å². The van der Waals surface area contributed by atoms with Crippen LogP contribution in [0.25, 0.3) is 11.3 Å². The Labute approximate surface area is 207 Å². The number of nitriles is 2. The Kier molecular flexibility index (Phi) is 7.76. The molecule has 178 valence electrons. The Morgan fingerprint density at radius 1 is 1.20 bits per heavy atom. The fraction of sp³-hybridized carbons (Fsp3) is 0.320. The number of aromatic nitrogens is 3. The highest BCUT2D eigenvalue weighted by Gasteiger charge is 2.32. The Morgan fingerprint density at radius 2 is 2.00 bits per heavy atom. The summed E-state index contributed by atoms with van der Waals surface area (Å²) < 4.78 is 24.6.